The predicted molar refractivity (Wildman–Crippen MR) is 87.4 cm³/mol. The van der Waals surface area contributed by atoms with E-state index in [2.05, 4.69) is 33.5 Å². The highest BCUT2D eigenvalue weighted by Crippen LogP contribution is 2.61. The van der Waals surface area contributed by atoms with E-state index >= 15 is 0 Å². The fourth-order valence-electron chi connectivity index (χ4n) is 5.72. The summed E-state index contributed by atoms with van der Waals surface area (Å²) in [6.45, 7) is 0. The number of hydrogen-bond donors (Lipinski definition) is 2. The molecule has 4 saturated carbocycles. The van der Waals surface area contributed by atoms with Crippen molar-refractivity contribution in [1.82, 2.24) is 5.43 Å². The fourth-order valence-corrected chi connectivity index (χ4v) is 7.25. The molecule has 4 heteroatoms. The van der Waals surface area contributed by atoms with Crippen LogP contribution in [0.25, 0.3) is 0 Å². The number of rotatable bonds is 4. The molecule has 3 N–H and O–H groups in total. The molecule has 1 atom stereocenters. The molecule has 5 rings (SSSR count). The molecular formula is C16H23BrN2S. The highest BCUT2D eigenvalue weighted by atomic mass is 79.9. The van der Waals surface area contributed by atoms with E-state index in [1.165, 1.54) is 47.2 Å². The van der Waals surface area contributed by atoms with Crippen molar-refractivity contribution < 1.29 is 0 Å². The summed E-state index contributed by atoms with van der Waals surface area (Å²) in [5.74, 6) is 8.97. The number of nitrogens with one attached hydrogen (secondary N) is 1. The van der Waals surface area contributed by atoms with Crippen LogP contribution in [0, 0.1) is 23.2 Å². The van der Waals surface area contributed by atoms with E-state index in [1.54, 1.807) is 0 Å². The van der Waals surface area contributed by atoms with Gasteiger partial charge in [0.25, 0.3) is 0 Å². The maximum atomic E-state index is 5.99. The molecule has 0 aliphatic heterocycles. The van der Waals surface area contributed by atoms with Gasteiger partial charge in [-0.15, -0.1) is 11.3 Å². The summed E-state index contributed by atoms with van der Waals surface area (Å²) in [6.07, 6.45) is 9.85. The van der Waals surface area contributed by atoms with Crippen molar-refractivity contribution in [3.8, 4) is 0 Å². The van der Waals surface area contributed by atoms with Gasteiger partial charge in [-0.1, -0.05) is 0 Å². The molecule has 4 aliphatic carbocycles. The van der Waals surface area contributed by atoms with Crippen LogP contribution in [0.15, 0.2) is 15.9 Å². The lowest BCUT2D eigenvalue weighted by Crippen LogP contribution is -2.58. The number of halogens is 1. The number of nitrogens with two attached hydrogens (primary N) is 1. The molecule has 2 nitrogen and oxygen atoms in total. The average Bonchev–Trinajstić information content (AvgIpc) is 2.80. The Morgan fingerprint density at radius 2 is 1.80 bits per heavy atom. The molecule has 0 saturated heterocycles. The highest BCUT2D eigenvalue weighted by molar-refractivity contribution is 9.11. The first-order valence-corrected chi connectivity index (χ1v) is 9.48. The molecule has 4 fully saturated rings. The Morgan fingerprint density at radius 1 is 1.20 bits per heavy atom. The minimum absolute atomic E-state index is 0.460. The summed E-state index contributed by atoms with van der Waals surface area (Å²) >= 11 is 5.43. The lowest BCUT2D eigenvalue weighted by atomic mass is 9.47. The van der Waals surface area contributed by atoms with Gasteiger partial charge < -0.3 is 0 Å². The van der Waals surface area contributed by atoms with Crippen LogP contribution in [0.3, 0.4) is 0 Å². The van der Waals surface area contributed by atoms with Crippen LogP contribution in [0.4, 0.5) is 0 Å². The van der Waals surface area contributed by atoms with Crippen LogP contribution in [-0.2, 0) is 6.42 Å². The second kappa shape index (κ2) is 5.08. The van der Waals surface area contributed by atoms with Crippen LogP contribution in [0.2, 0.25) is 0 Å². The maximum absolute atomic E-state index is 5.99. The van der Waals surface area contributed by atoms with Crippen molar-refractivity contribution in [2.24, 2.45) is 29.0 Å². The van der Waals surface area contributed by atoms with Gasteiger partial charge in [-0.05, 0) is 96.2 Å². The van der Waals surface area contributed by atoms with E-state index in [4.69, 9.17) is 5.84 Å². The first-order valence-electron chi connectivity index (χ1n) is 7.87. The van der Waals surface area contributed by atoms with Crippen molar-refractivity contribution >= 4 is 27.3 Å². The van der Waals surface area contributed by atoms with Gasteiger partial charge in [0.1, 0.15) is 0 Å². The normalized spacial score (nSPS) is 40.2. The summed E-state index contributed by atoms with van der Waals surface area (Å²) in [5, 5.41) is 0. The first kappa shape index (κ1) is 13.7. The first-order chi connectivity index (χ1) is 9.67. The number of hydrazine groups is 1. The van der Waals surface area contributed by atoms with Gasteiger partial charge in [0.15, 0.2) is 0 Å². The molecule has 1 unspecified atom stereocenters. The van der Waals surface area contributed by atoms with Gasteiger partial charge in [-0.2, -0.15) is 0 Å². The monoisotopic (exact) mass is 354 g/mol. The quantitative estimate of drug-likeness (QED) is 0.630. The van der Waals surface area contributed by atoms with Crippen LogP contribution < -0.4 is 11.3 Å². The molecule has 1 aromatic heterocycles. The average molecular weight is 355 g/mol. The minimum atomic E-state index is 0.460. The summed E-state index contributed by atoms with van der Waals surface area (Å²) in [7, 11) is 0. The molecule has 1 aromatic rings. The molecule has 4 bridgehead atoms. The van der Waals surface area contributed by atoms with Crippen molar-refractivity contribution in [2.75, 3.05) is 0 Å². The molecular weight excluding hydrogens is 332 g/mol. The zero-order valence-electron chi connectivity index (χ0n) is 11.8. The molecule has 0 amide bonds. The molecule has 20 heavy (non-hydrogen) atoms. The SMILES string of the molecule is NNC(Cc1ccc(Br)s1)C12CC3CC(CC(C3)C1)C2. The number of thiophene rings is 1. The molecule has 0 aromatic carbocycles. The third-order valence-electron chi connectivity index (χ3n) is 6.06. The van der Waals surface area contributed by atoms with Crippen molar-refractivity contribution in [3.05, 3.63) is 20.8 Å². The van der Waals surface area contributed by atoms with Crippen LogP contribution in [0.5, 0.6) is 0 Å². The molecule has 0 spiro atoms. The fraction of sp³-hybridized carbons (Fsp3) is 0.750. The van der Waals surface area contributed by atoms with E-state index in [1.807, 2.05) is 11.3 Å². The maximum Gasteiger partial charge on any atom is 0.0701 e. The van der Waals surface area contributed by atoms with Gasteiger partial charge in [-0.3, -0.25) is 11.3 Å². The molecule has 4 aliphatic rings. The standard InChI is InChI=1S/C16H23BrN2S/c17-15-2-1-13(20-15)6-14(19-18)16-7-10-3-11(8-16)5-12(4-10)9-16/h1-2,10-12,14,19H,3-9,18H2. The summed E-state index contributed by atoms with van der Waals surface area (Å²) in [4.78, 5) is 1.45. The summed E-state index contributed by atoms with van der Waals surface area (Å²) in [5.41, 5.74) is 3.69. The third-order valence-corrected chi connectivity index (χ3v) is 7.71. The van der Waals surface area contributed by atoms with Gasteiger partial charge >= 0.3 is 0 Å². The van der Waals surface area contributed by atoms with E-state index in [0.29, 0.717) is 11.5 Å². The topological polar surface area (TPSA) is 38.0 Å². The van der Waals surface area contributed by atoms with Crippen molar-refractivity contribution in [3.63, 3.8) is 0 Å². The van der Waals surface area contributed by atoms with Crippen LogP contribution in [-0.4, -0.2) is 6.04 Å². The third kappa shape index (κ3) is 2.29. The Balaban J connectivity index is 1.57. The van der Waals surface area contributed by atoms with Crippen LogP contribution in [0.1, 0.15) is 43.4 Å². The van der Waals surface area contributed by atoms with Crippen molar-refractivity contribution in [1.29, 1.82) is 0 Å². The smallest absolute Gasteiger partial charge is 0.0701 e. The van der Waals surface area contributed by atoms with Gasteiger partial charge in [0.05, 0.1) is 3.79 Å². The largest absolute Gasteiger partial charge is 0.271 e. The zero-order valence-corrected chi connectivity index (χ0v) is 14.2. The summed E-state index contributed by atoms with van der Waals surface area (Å²) < 4.78 is 1.23. The Morgan fingerprint density at radius 3 is 2.25 bits per heavy atom. The minimum Gasteiger partial charge on any atom is -0.271 e. The summed E-state index contributed by atoms with van der Waals surface area (Å²) in [6, 6.07) is 4.87. The lowest BCUT2D eigenvalue weighted by Gasteiger charge is -2.59. The second-order valence-electron chi connectivity index (χ2n) is 7.41. The highest BCUT2D eigenvalue weighted by Gasteiger charge is 2.53. The van der Waals surface area contributed by atoms with Gasteiger partial charge in [-0.25, -0.2) is 0 Å². The Hall–Kier alpha value is 0.1000. The second-order valence-corrected chi connectivity index (χ2v) is 9.96. The Bertz CT molecular complexity index is 463. The van der Waals surface area contributed by atoms with Crippen LogP contribution >= 0.6 is 27.3 Å². The van der Waals surface area contributed by atoms with Gasteiger partial charge in [0.2, 0.25) is 0 Å². The molecule has 0 radical (unpaired) electrons. The molecule has 110 valence electrons. The lowest BCUT2D eigenvalue weighted by molar-refractivity contribution is -0.0736. The number of hydrogen-bond acceptors (Lipinski definition) is 3. The van der Waals surface area contributed by atoms with Crippen molar-refractivity contribution in [2.45, 2.75) is 51.0 Å². The van der Waals surface area contributed by atoms with E-state index in [0.717, 1.165) is 24.2 Å². The van der Waals surface area contributed by atoms with E-state index in [-0.39, 0.29) is 0 Å². The van der Waals surface area contributed by atoms with E-state index < -0.39 is 0 Å². The predicted octanol–water partition coefficient (Wildman–Crippen LogP) is 4.10. The molecule has 1 heterocycles. The van der Waals surface area contributed by atoms with Gasteiger partial charge in [0, 0.05) is 10.9 Å². The van der Waals surface area contributed by atoms with E-state index in [9.17, 15) is 0 Å². The zero-order chi connectivity index (χ0) is 13.7. The Kier molecular flexibility index (Phi) is 3.49. The Labute approximate surface area is 133 Å².